The fourth-order valence-corrected chi connectivity index (χ4v) is 2.16. The minimum absolute atomic E-state index is 0.863. The third-order valence-electron chi connectivity index (χ3n) is 3.20. The summed E-state index contributed by atoms with van der Waals surface area (Å²) < 4.78 is 6.94. The van der Waals surface area contributed by atoms with Crippen molar-refractivity contribution >= 4 is 11.0 Å². The molecule has 19 heavy (non-hydrogen) atoms. The zero-order chi connectivity index (χ0) is 13.2. The molecule has 0 saturated heterocycles. The van der Waals surface area contributed by atoms with E-state index in [2.05, 4.69) is 28.3 Å². The van der Waals surface area contributed by atoms with Crippen LogP contribution in [0.1, 0.15) is 11.1 Å². The van der Waals surface area contributed by atoms with E-state index in [1.807, 2.05) is 31.6 Å². The molecule has 2 aromatic heterocycles. The lowest BCUT2D eigenvalue weighted by Gasteiger charge is -2.04. The van der Waals surface area contributed by atoms with E-state index in [1.165, 1.54) is 11.1 Å². The van der Waals surface area contributed by atoms with E-state index < -0.39 is 0 Å². The summed E-state index contributed by atoms with van der Waals surface area (Å²) in [6, 6.07) is 10.2. The summed E-state index contributed by atoms with van der Waals surface area (Å²) in [5, 5.41) is 5.28. The number of pyridine rings is 1. The van der Waals surface area contributed by atoms with Crippen molar-refractivity contribution in [2.24, 2.45) is 7.05 Å². The van der Waals surface area contributed by atoms with Crippen LogP contribution >= 0.6 is 0 Å². The largest absolute Gasteiger partial charge is 0.497 e. The molecule has 0 amide bonds. The van der Waals surface area contributed by atoms with Crippen molar-refractivity contribution in [3.8, 4) is 5.75 Å². The molecule has 0 bridgehead atoms. The van der Waals surface area contributed by atoms with E-state index in [-0.39, 0.29) is 0 Å². The predicted octanol–water partition coefficient (Wildman–Crippen LogP) is 2.57. The maximum absolute atomic E-state index is 5.16. The summed E-state index contributed by atoms with van der Waals surface area (Å²) in [5.74, 6) is 0.879. The Morgan fingerprint density at radius 1 is 1.11 bits per heavy atom. The Kier molecular flexibility index (Phi) is 2.91. The highest BCUT2D eigenvalue weighted by Crippen LogP contribution is 2.17. The number of rotatable bonds is 3. The second-order valence-electron chi connectivity index (χ2n) is 4.55. The summed E-state index contributed by atoms with van der Waals surface area (Å²) in [4.78, 5) is 4.45. The van der Waals surface area contributed by atoms with Gasteiger partial charge >= 0.3 is 0 Å². The van der Waals surface area contributed by atoms with Crippen LogP contribution in [0, 0.1) is 0 Å². The molecule has 0 atom stereocenters. The predicted molar refractivity (Wildman–Crippen MR) is 74.3 cm³/mol. The lowest BCUT2D eigenvalue weighted by atomic mass is 10.1. The molecule has 3 aromatic rings. The van der Waals surface area contributed by atoms with Crippen molar-refractivity contribution < 1.29 is 4.74 Å². The Morgan fingerprint density at radius 2 is 1.89 bits per heavy atom. The van der Waals surface area contributed by atoms with E-state index in [9.17, 15) is 0 Å². The molecule has 0 saturated carbocycles. The molecule has 0 aliphatic carbocycles. The van der Waals surface area contributed by atoms with Crippen LogP contribution < -0.4 is 4.74 Å². The van der Waals surface area contributed by atoms with Crippen molar-refractivity contribution in [1.82, 2.24) is 14.8 Å². The molecule has 0 fully saturated rings. The second-order valence-corrected chi connectivity index (χ2v) is 4.55. The van der Waals surface area contributed by atoms with Crippen LogP contribution in [0.15, 0.2) is 42.7 Å². The second kappa shape index (κ2) is 4.72. The lowest BCUT2D eigenvalue weighted by molar-refractivity contribution is 0.414. The Balaban J connectivity index is 1.87. The van der Waals surface area contributed by atoms with Crippen LogP contribution in [-0.2, 0) is 13.5 Å². The van der Waals surface area contributed by atoms with E-state index in [0.717, 1.165) is 23.2 Å². The summed E-state index contributed by atoms with van der Waals surface area (Å²) in [7, 11) is 3.58. The summed E-state index contributed by atoms with van der Waals surface area (Å²) in [5.41, 5.74) is 3.34. The zero-order valence-electron chi connectivity index (χ0n) is 11.0. The fourth-order valence-electron chi connectivity index (χ4n) is 2.16. The summed E-state index contributed by atoms with van der Waals surface area (Å²) in [6.07, 6.45) is 4.62. The molecule has 2 heterocycles. The van der Waals surface area contributed by atoms with Crippen LogP contribution in [0.4, 0.5) is 0 Å². The monoisotopic (exact) mass is 253 g/mol. The molecule has 0 spiro atoms. The van der Waals surface area contributed by atoms with Crippen LogP contribution in [-0.4, -0.2) is 21.9 Å². The minimum Gasteiger partial charge on any atom is -0.497 e. The van der Waals surface area contributed by atoms with Gasteiger partial charge in [-0.3, -0.25) is 4.68 Å². The molecular formula is C15H15N3O. The number of hydrogen-bond acceptors (Lipinski definition) is 3. The van der Waals surface area contributed by atoms with Gasteiger partial charge in [0.25, 0.3) is 0 Å². The average Bonchev–Trinajstić information content (AvgIpc) is 2.81. The Hall–Kier alpha value is -2.36. The molecular weight excluding hydrogens is 238 g/mol. The molecule has 0 aliphatic heterocycles. The van der Waals surface area contributed by atoms with E-state index in [4.69, 9.17) is 4.74 Å². The highest BCUT2D eigenvalue weighted by molar-refractivity contribution is 5.74. The van der Waals surface area contributed by atoms with Crippen LogP contribution in [0.25, 0.3) is 11.0 Å². The fraction of sp³-hybridized carbons (Fsp3) is 0.200. The Labute approximate surface area is 111 Å². The van der Waals surface area contributed by atoms with Gasteiger partial charge in [0.15, 0.2) is 5.65 Å². The lowest BCUT2D eigenvalue weighted by Crippen LogP contribution is -1.93. The first-order valence-corrected chi connectivity index (χ1v) is 6.16. The quantitative estimate of drug-likeness (QED) is 0.720. The van der Waals surface area contributed by atoms with Gasteiger partial charge in [-0.15, -0.1) is 0 Å². The van der Waals surface area contributed by atoms with Gasteiger partial charge in [-0.25, -0.2) is 4.98 Å². The first kappa shape index (κ1) is 11.7. The molecule has 0 aliphatic rings. The van der Waals surface area contributed by atoms with Crippen LogP contribution in [0.5, 0.6) is 5.75 Å². The van der Waals surface area contributed by atoms with Gasteiger partial charge in [0.1, 0.15) is 5.75 Å². The molecule has 96 valence electrons. The Bertz CT molecular complexity index is 701. The van der Waals surface area contributed by atoms with Crippen molar-refractivity contribution in [3.63, 3.8) is 0 Å². The number of ether oxygens (including phenoxy) is 1. The molecule has 4 heteroatoms. The van der Waals surface area contributed by atoms with Gasteiger partial charge in [0.2, 0.25) is 0 Å². The topological polar surface area (TPSA) is 39.9 Å². The van der Waals surface area contributed by atoms with Crippen molar-refractivity contribution in [3.05, 3.63) is 53.9 Å². The normalized spacial score (nSPS) is 10.8. The van der Waals surface area contributed by atoms with Gasteiger partial charge in [-0.2, -0.15) is 5.10 Å². The van der Waals surface area contributed by atoms with E-state index in [0.29, 0.717) is 0 Å². The van der Waals surface area contributed by atoms with Gasteiger partial charge < -0.3 is 4.74 Å². The molecule has 0 N–H and O–H groups in total. The van der Waals surface area contributed by atoms with E-state index in [1.54, 1.807) is 11.8 Å². The number of benzene rings is 1. The van der Waals surface area contributed by atoms with Gasteiger partial charge in [-0.05, 0) is 35.7 Å². The number of methoxy groups -OCH3 is 1. The van der Waals surface area contributed by atoms with Crippen LogP contribution in [0.2, 0.25) is 0 Å². The summed E-state index contributed by atoms with van der Waals surface area (Å²) >= 11 is 0. The minimum atomic E-state index is 0.863. The smallest absolute Gasteiger partial charge is 0.157 e. The number of nitrogens with zero attached hydrogens (tertiary/aromatic N) is 3. The Morgan fingerprint density at radius 3 is 2.63 bits per heavy atom. The number of aromatic nitrogens is 3. The molecule has 1 aromatic carbocycles. The highest BCUT2D eigenvalue weighted by atomic mass is 16.5. The third kappa shape index (κ3) is 2.29. The van der Waals surface area contributed by atoms with Gasteiger partial charge in [0, 0.05) is 18.6 Å². The summed E-state index contributed by atoms with van der Waals surface area (Å²) in [6.45, 7) is 0. The first-order valence-electron chi connectivity index (χ1n) is 6.16. The van der Waals surface area contributed by atoms with Gasteiger partial charge in [0.05, 0.1) is 13.3 Å². The van der Waals surface area contributed by atoms with Crippen molar-refractivity contribution in [2.75, 3.05) is 7.11 Å². The SMILES string of the molecule is COc1ccc(Cc2cnc3c(cnn3C)c2)cc1. The molecule has 0 radical (unpaired) electrons. The zero-order valence-corrected chi connectivity index (χ0v) is 11.0. The van der Waals surface area contributed by atoms with Crippen molar-refractivity contribution in [2.45, 2.75) is 6.42 Å². The number of aryl methyl sites for hydroxylation is 1. The number of hydrogen-bond donors (Lipinski definition) is 0. The highest BCUT2D eigenvalue weighted by Gasteiger charge is 2.03. The van der Waals surface area contributed by atoms with Gasteiger partial charge in [-0.1, -0.05) is 12.1 Å². The third-order valence-corrected chi connectivity index (χ3v) is 3.20. The number of fused-ring (bicyclic) bond motifs is 1. The van der Waals surface area contributed by atoms with Crippen molar-refractivity contribution in [1.29, 1.82) is 0 Å². The standard InChI is InChI=1S/C15H15N3O/c1-18-15-13(10-17-18)8-12(9-16-15)7-11-3-5-14(19-2)6-4-11/h3-6,8-10H,7H2,1-2H3. The maximum atomic E-state index is 5.16. The first-order chi connectivity index (χ1) is 9.26. The molecule has 3 rings (SSSR count). The van der Waals surface area contributed by atoms with E-state index >= 15 is 0 Å². The van der Waals surface area contributed by atoms with Crippen LogP contribution in [0.3, 0.4) is 0 Å². The molecule has 4 nitrogen and oxygen atoms in total. The average molecular weight is 253 g/mol. The molecule has 0 unspecified atom stereocenters. The maximum Gasteiger partial charge on any atom is 0.157 e.